The van der Waals surface area contributed by atoms with Gasteiger partial charge in [-0.3, -0.25) is 24.0 Å². The molecule has 12 heteroatoms. The second-order valence-corrected chi connectivity index (χ2v) is 11.2. The van der Waals surface area contributed by atoms with E-state index in [4.69, 9.17) is 4.74 Å². The van der Waals surface area contributed by atoms with Crippen LogP contribution in [-0.2, 0) is 26.2 Å². The second-order valence-electron chi connectivity index (χ2n) is 9.29. The minimum atomic E-state index is -4.26. The highest BCUT2D eigenvalue weighted by Gasteiger charge is 2.32. The van der Waals surface area contributed by atoms with Gasteiger partial charge in [-0.1, -0.05) is 43.7 Å². The molecular formula is C29H34N4O7S. The highest BCUT2D eigenvalue weighted by Crippen LogP contribution is 2.26. The molecule has 0 aliphatic heterocycles. The molecule has 0 radical (unpaired) electrons. The molecule has 0 aliphatic rings. The number of rotatable bonds is 14. The van der Waals surface area contributed by atoms with E-state index in [1.165, 1.54) is 48.4 Å². The lowest BCUT2D eigenvalue weighted by Gasteiger charge is -2.32. The molecule has 3 aromatic carbocycles. The Morgan fingerprint density at radius 3 is 2.20 bits per heavy atom. The molecule has 1 atom stereocenters. The van der Waals surface area contributed by atoms with Crippen molar-refractivity contribution < 1.29 is 27.7 Å². The molecular weight excluding hydrogens is 548 g/mol. The number of methoxy groups -OCH3 is 1. The highest BCUT2D eigenvalue weighted by atomic mass is 32.2. The fourth-order valence-corrected chi connectivity index (χ4v) is 5.47. The van der Waals surface area contributed by atoms with Crippen LogP contribution < -0.4 is 14.4 Å². The highest BCUT2D eigenvalue weighted by molar-refractivity contribution is 7.92. The van der Waals surface area contributed by atoms with Crippen molar-refractivity contribution in [3.8, 4) is 5.75 Å². The first kappa shape index (κ1) is 31.1. The maximum atomic E-state index is 13.9. The number of non-ortho nitro benzene ring substituents is 1. The van der Waals surface area contributed by atoms with Gasteiger partial charge in [0.25, 0.3) is 15.7 Å². The molecule has 0 saturated heterocycles. The number of nitrogens with one attached hydrogen (secondary N) is 1. The van der Waals surface area contributed by atoms with Gasteiger partial charge in [0.2, 0.25) is 11.8 Å². The molecule has 1 N–H and O–H groups in total. The van der Waals surface area contributed by atoms with Crippen molar-refractivity contribution in [2.24, 2.45) is 0 Å². The Bertz CT molecular complexity index is 1430. The van der Waals surface area contributed by atoms with Crippen molar-refractivity contribution in [2.45, 2.75) is 44.2 Å². The molecule has 0 saturated carbocycles. The third-order valence-corrected chi connectivity index (χ3v) is 8.26. The number of nitro benzene ring substituents is 1. The molecule has 11 nitrogen and oxygen atoms in total. The van der Waals surface area contributed by atoms with Gasteiger partial charge in [0.05, 0.1) is 22.6 Å². The first-order valence-corrected chi connectivity index (χ1v) is 14.5. The maximum Gasteiger partial charge on any atom is 0.269 e. The third-order valence-electron chi connectivity index (χ3n) is 6.47. The van der Waals surface area contributed by atoms with E-state index in [1.807, 2.05) is 6.92 Å². The Balaban J connectivity index is 2.00. The van der Waals surface area contributed by atoms with Crippen molar-refractivity contribution in [3.63, 3.8) is 0 Å². The van der Waals surface area contributed by atoms with Crippen LogP contribution in [0.5, 0.6) is 5.75 Å². The fourth-order valence-electron chi connectivity index (χ4n) is 4.04. The monoisotopic (exact) mass is 582 g/mol. The summed E-state index contributed by atoms with van der Waals surface area (Å²) in [6.45, 7) is 3.42. The third kappa shape index (κ3) is 8.04. The number of unbranched alkanes of at least 4 members (excludes halogenated alkanes) is 1. The smallest absolute Gasteiger partial charge is 0.269 e. The lowest BCUT2D eigenvalue weighted by molar-refractivity contribution is -0.384. The standard InChI is InChI=1S/C29H34N4O7S/c1-4-5-19-30-29(35)22(2)31(20-23-11-17-26(40-3)18-12-23)28(34)21-32(24-13-15-25(16-14-24)33(36)37)41(38,39)27-9-7-6-8-10-27/h6-18,22H,4-5,19-21H2,1-3H3,(H,30,35). The van der Waals surface area contributed by atoms with Crippen LogP contribution >= 0.6 is 0 Å². The van der Waals surface area contributed by atoms with Gasteiger partial charge in [0, 0.05) is 25.2 Å². The molecule has 0 aliphatic carbocycles. The van der Waals surface area contributed by atoms with Gasteiger partial charge in [-0.15, -0.1) is 0 Å². The summed E-state index contributed by atoms with van der Waals surface area (Å²) in [5.74, 6) is -0.375. The topological polar surface area (TPSA) is 139 Å². The van der Waals surface area contributed by atoms with Gasteiger partial charge in [-0.2, -0.15) is 0 Å². The molecule has 0 aromatic heterocycles. The van der Waals surface area contributed by atoms with Gasteiger partial charge in [-0.05, 0) is 55.3 Å². The Kier molecular flexibility index (Phi) is 10.8. The number of nitrogens with zero attached hydrogens (tertiary/aromatic N) is 3. The van der Waals surface area contributed by atoms with Gasteiger partial charge in [-0.25, -0.2) is 8.42 Å². The number of hydrogen-bond donors (Lipinski definition) is 1. The van der Waals surface area contributed by atoms with E-state index in [-0.39, 0.29) is 28.7 Å². The van der Waals surface area contributed by atoms with Crippen LogP contribution in [0.2, 0.25) is 0 Å². The van der Waals surface area contributed by atoms with E-state index in [0.29, 0.717) is 17.9 Å². The van der Waals surface area contributed by atoms with Gasteiger partial charge >= 0.3 is 0 Å². The van der Waals surface area contributed by atoms with Crippen LogP contribution in [-0.4, -0.2) is 56.3 Å². The summed E-state index contributed by atoms with van der Waals surface area (Å²) in [6.07, 6.45) is 1.65. The lowest BCUT2D eigenvalue weighted by atomic mass is 10.1. The number of anilines is 1. The zero-order valence-corrected chi connectivity index (χ0v) is 24.0. The van der Waals surface area contributed by atoms with Crippen molar-refractivity contribution in [3.05, 3.63) is 94.5 Å². The molecule has 41 heavy (non-hydrogen) atoms. The Hall–Kier alpha value is -4.45. The summed E-state index contributed by atoms with van der Waals surface area (Å²) in [5.41, 5.74) is 0.549. The SMILES string of the molecule is CCCCNC(=O)C(C)N(Cc1ccc(OC)cc1)C(=O)CN(c1ccc([N+](=O)[O-])cc1)S(=O)(=O)c1ccccc1. The molecule has 0 fully saturated rings. The molecule has 3 aromatic rings. The normalized spacial score (nSPS) is 11.8. The fraction of sp³-hybridized carbons (Fsp3) is 0.310. The largest absolute Gasteiger partial charge is 0.497 e. The average molecular weight is 583 g/mol. The minimum absolute atomic E-state index is 0.0324. The van der Waals surface area contributed by atoms with Crippen LogP contribution in [0.1, 0.15) is 32.3 Å². The molecule has 0 spiro atoms. The number of carbonyl (C=O) groups is 2. The minimum Gasteiger partial charge on any atom is -0.497 e. The van der Waals surface area contributed by atoms with Crippen molar-refractivity contribution in [2.75, 3.05) is 24.5 Å². The summed E-state index contributed by atoms with van der Waals surface area (Å²) in [7, 11) is -2.73. The predicted octanol–water partition coefficient (Wildman–Crippen LogP) is 4.13. The molecule has 3 rings (SSSR count). The lowest BCUT2D eigenvalue weighted by Crippen LogP contribution is -2.51. The van der Waals surface area contributed by atoms with Crippen LogP contribution in [0.4, 0.5) is 11.4 Å². The zero-order valence-electron chi connectivity index (χ0n) is 23.2. The van der Waals surface area contributed by atoms with Gasteiger partial charge < -0.3 is 15.0 Å². The van der Waals surface area contributed by atoms with Crippen LogP contribution in [0.25, 0.3) is 0 Å². The molecule has 0 heterocycles. The first-order valence-electron chi connectivity index (χ1n) is 13.1. The number of ether oxygens (including phenoxy) is 1. The van der Waals surface area contributed by atoms with E-state index < -0.39 is 33.4 Å². The Morgan fingerprint density at radius 2 is 1.63 bits per heavy atom. The summed E-state index contributed by atoms with van der Waals surface area (Å²) in [4.78, 5) is 38.7. The number of hydrogen-bond acceptors (Lipinski definition) is 7. The van der Waals surface area contributed by atoms with Crippen LogP contribution in [0.3, 0.4) is 0 Å². The summed E-state index contributed by atoms with van der Waals surface area (Å²) >= 11 is 0. The molecule has 1 unspecified atom stereocenters. The van der Waals surface area contributed by atoms with E-state index in [2.05, 4.69) is 5.32 Å². The van der Waals surface area contributed by atoms with Gasteiger partial charge in [0.15, 0.2) is 0 Å². The summed E-state index contributed by atoms with van der Waals surface area (Å²) in [5, 5.41) is 14.0. The number of amides is 2. The van der Waals surface area contributed by atoms with Crippen LogP contribution in [0.15, 0.2) is 83.8 Å². The van der Waals surface area contributed by atoms with E-state index >= 15 is 0 Å². The van der Waals surface area contributed by atoms with E-state index in [0.717, 1.165) is 17.1 Å². The zero-order chi connectivity index (χ0) is 30.0. The number of benzene rings is 3. The quantitative estimate of drug-likeness (QED) is 0.171. The van der Waals surface area contributed by atoms with E-state index in [1.54, 1.807) is 49.4 Å². The Morgan fingerprint density at radius 1 is 1.00 bits per heavy atom. The van der Waals surface area contributed by atoms with Crippen LogP contribution in [0, 0.1) is 10.1 Å². The van der Waals surface area contributed by atoms with Crippen molar-refractivity contribution >= 4 is 33.2 Å². The maximum absolute atomic E-state index is 13.9. The Labute approximate surface area is 239 Å². The average Bonchev–Trinajstić information content (AvgIpc) is 2.99. The molecule has 2 amide bonds. The first-order chi connectivity index (χ1) is 19.6. The molecule has 0 bridgehead atoms. The number of sulfonamides is 1. The predicted molar refractivity (Wildman–Crippen MR) is 155 cm³/mol. The number of nitro groups is 1. The summed E-state index contributed by atoms with van der Waals surface area (Å²) < 4.78 is 33.6. The second kappa shape index (κ2) is 14.3. The van der Waals surface area contributed by atoms with Crippen molar-refractivity contribution in [1.29, 1.82) is 0 Å². The summed E-state index contributed by atoms with van der Waals surface area (Å²) in [6, 6.07) is 18.5. The van der Waals surface area contributed by atoms with Crippen molar-refractivity contribution in [1.82, 2.24) is 10.2 Å². The van der Waals surface area contributed by atoms with Gasteiger partial charge in [0.1, 0.15) is 18.3 Å². The molecule has 218 valence electrons. The number of carbonyl (C=O) groups excluding carboxylic acids is 2. The van der Waals surface area contributed by atoms with E-state index in [9.17, 15) is 28.1 Å².